The number of carbonyl (C=O) groups excluding carboxylic acids is 1. The van der Waals surface area contributed by atoms with Crippen LogP contribution < -0.4 is 0 Å². The first kappa shape index (κ1) is 14.6. The lowest BCUT2D eigenvalue weighted by molar-refractivity contribution is -0.114. The van der Waals surface area contributed by atoms with Gasteiger partial charge in [-0.3, -0.25) is 0 Å². The Morgan fingerprint density at radius 1 is 0.583 bits per heavy atom. The molecule has 5 aromatic rings. The number of benzene rings is 5. The Hall–Kier alpha value is -2.93. The van der Waals surface area contributed by atoms with E-state index in [1.54, 1.807) is 0 Å². The van der Waals surface area contributed by atoms with Crippen molar-refractivity contribution in [2.75, 3.05) is 0 Å². The average molecular weight is 310 g/mol. The Morgan fingerprint density at radius 3 is 1.92 bits per heavy atom. The van der Waals surface area contributed by atoms with Gasteiger partial charge >= 0.3 is 0 Å². The van der Waals surface area contributed by atoms with Crippen molar-refractivity contribution in [3.8, 4) is 0 Å². The summed E-state index contributed by atoms with van der Waals surface area (Å²) in [6.45, 7) is 3.06. The highest BCUT2D eigenvalue weighted by molar-refractivity contribution is 6.28. The predicted molar refractivity (Wildman–Crippen MR) is 104 cm³/mol. The molecule has 0 heterocycles. The van der Waals surface area contributed by atoms with E-state index in [0.717, 1.165) is 0 Å². The van der Waals surface area contributed by atoms with E-state index >= 15 is 0 Å². The molecular formula is C23H18O. The molecule has 0 aliphatic heterocycles. The van der Waals surface area contributed by atoms with Crippen LogP contribution in [0.15, 0.2) is 72.8 Å². The molecule has 0 aliphatic rings. The molecule has 5 aromatic carbocycles. The van der Waals surface area contributed by atoms with Gasteiger partial charge in [0.1, 0.15) is 5.78 Å². The molecule has 1 heteroatoms. The van der Waals surface area contributed by atoms with Crippen LogP contribution in [0.4, 0.5) is 0 Å². The fourth-order valence-electron chi connectivity index (χ4n) is 3.49. The molecule has 1 nitrogen and oxygen atoms in total. The molecule has 0 amide bonds. The van der Waals surface area contributed by atoms with E-state index in [1.165, 1.54) is 56.9 Å². The topological polar surface area (TPSA) is 17.1 Å². The van der Waals surface area contributed by atoms with Crippen LogP contribution in [-0.2, 0) is 4.79 Å². The maximum Gasteiger partial charge on any atom is 0.126 e. The second kappa shape index (κ2) is 5.61. The van der Waals surface area contributed by atoms with Crippen molar-refractivity contribution < 1.29 is 4.79 Å². The number of fused-ring (bicyclic) bond motifs is 2. The molecule has 116 valence electrons. The third kappa shape index (κ3) is 2.30. The van der Waals surface area contributed by atoms with E-state index in [4.69, 9.17) is 0 Å². The summed E-state index contributed by atoms with van der Waals surface area (Å²) in [7, 11) is 0. The molecule has 0 spiro atoms. The molecule has 24 heavy (non-hydrogen) atoms. The third-order valence-electron chi connectivity index (χ3n) is 4.37. The lowest BCUT2D eigenvalue weighted by Gasteiger charge is -2.12. The quantitative estimate of drug-likeness (QED) is 0.241. The number of carbonyl (C=O) groups is 1. The lowest BCUT2D eigenvalue weighted by Crippen LogP contribution is -1.85. The number of ketones is 1. The molecule has 0 bridgehead atoms. The van der Waals surface area contributed by atoms with E-state index in [1.807, 2.05) is 0 Å². The zero-order valence-corrected chi connectivity index (χ0v) is 13.8. The summed E-state index contributed by atoms with van der Waals surface area (Å²) in [4.78, 5) is 9.44. The molecule has 0 radical (unpaired) electrons. The van der Waals surface area contributed by atoms with Gasteiger partial charge in [0.25, 0.3) is 0 Å². The van der Waals surface area contributed by atoms with Gasteiger partial charge in [-0.15, -0.1) is 0 Å². The molecule has 0 saturated carbocycles. The Morgan fingerprint density at radius 2 is 1.17 bits per heavy atom. The van der Waals surface area contributed by atoms with Crippen molar-refractivity contribution >= 4 is 48.9 Å². The van der Waals surface area contributed by atoms with E-state index < -0.39 is 0 Å². The maximum atomic E-state index is 9.44. The second-order valence-corrected chi connectivity index (χ2v) is 6.36. The van der Waals surface area contributed by atoms with Crippen LogP contribution in [0.25, 0.3) is 43.1 Å². The zero-order valence-electron chi connectivity index (χ0n) is 13.8. The average Bonchev–Trinajstić information content (AvgIpc) is 2.59. The van der Waals surface area contributed by atoms with Gasteiger partial charge in [-0.05, 0) is 63.0 Å². The van der Waals surface area contributed by atoms with Crippen LogP contribution >= 0.6 is 0 Å². The van der Waals surface area contributed by atoms with Crippen molar-refractivity contribution in [3.05, 3.63) is 72.8 Å². The number of hydrogen-bond acceptors (Lipinski definition) is 1. The summed E-state index contributed by atoms with van der Waals surface area (Å²) in [5, 5.41) is 10.8. The summed E-state index contributed by atoms with van der Waals surface area (Å²) in [5.74, 6) is 0.167. The molecule has 5 rings (SSSR count). The van der Waals surface area contributed by atoms with Crippen molar-refractivity contribution in [3.63, 3.8) is 0 Å². The Bertz CT molecular complexity index is 1160. The van der Waals surface area contributed by atoms with Crippen LogP contribution in [0, 0.1) is 0 Å². The summed E-state index contributed by atoms with van der Waals surface area (Å²) in [6, 6.07) is 26.5. The molecule has 0 unspecified atom stereocenters. The van der Waals surface area contributed by atoms with Crippen LogP contribution in [0.1, 0.15) is 13.8 Å². The smallest absolute Gasteiger partial charge is 0.126 e. The summed E-state index contributed by atoms with van der Waals surface area (Å²) in [5.41, 5.74) is 0. The summed E-state index contributed by atoms with van der Waals surface area (Å²) < 4.78 is 0. The minimum atomic E-state index is 0.167. The van der Waals surface area contributed by atoms with Crippen LogP contribution in [-0.4, -0.2) is 5.78 Å². The molecule has 0 N–H and O–H groups in total. The van der Waals surface area contributed by atoms with Crippen molar-refractivity contribution in [2.24, 2.45) is 0 Å². The summed E-state index contributed by atoms with van der Waals surface area (Å²) in [6.07, 6.45) is 0. The molecule has 0 fully saturated rings. The summed E-state index contributed by atoms with van der Waals surface area (Å²) >= 11 is 0. The molecule has 0 saturated heterocycles. The van der Waals surface area contributed by atoms with Gasteiger partial charge in [0.15, 0.2) is 0 Å². The fraction of sp³-hybridized carbons (Fsp3) is 0.0870. The molecule has 0 aliphatic carbocycles. The van der Waals surface area contributed by atoms with Gasteiger partial charge in [0.2, 0.25) is 0 Å². The van der Waals surface area contributed by atoms with Crippen molar-refractivity contribution in [1.82, 2.24) is 0 Å². The van der Waals surface area contributed by atoms with Gasteiger partial charge in [-0.2, -0.15) is 0 Å². The largest absolute Gasteiger partial charge is 0.300 e. The van der Waals surface area contributed by atoms with Gasteiger partial charge in [-0.1, -0.05) is 66.7 Å². The second-order valence-electron chi connectivity index (χ2n) is 6.36. The molecular weight excluding hydrogens is 292 g/mol. The van der Waals surface area contributed by atoms with Gasteiger partial charge < -0.3 is 4.79 Å². The van der Waals surface area contributed by atoms with Crippen molar-refractivity contribution in [2.45, 2.75) is 13.8 Å². The SMILES string of the molecule is CC(C)=O.c1ccc2c(c1)cc1ccc3cccc4ccc2c1c34. The lowest BCUT2D eigenvalue weighted by atomic mass is 9.91. The van der Waals surface area contributed by atoms with E-state index in [0.29, 0.717) is 0 Å². The minimum Gasteiger partial charge on any atom is -0.300 e. The first-order valence-corrected chi connectivity index (χ1v) is 8.17. The van der Waals surface area contributed by atoms with Gasteiger partial charge in [0, 0.05) is 0 Å². The third-order valence-corrected chi connectivity index (χ3v) is 4.37. The Kier molecular flexibility index (Phi) is 3.42. The predicted octanol–water partition coefficient (Wildman–Crippen LogP) is 6.33. The highest BCUT2D eigenvalue weighted by atomic mass is 16.1. The molecule has 0 aromatic heterocycles. The van der Waals surface area contributed by atoms with E-state index in [2.05, 4.69) is 72.8 Å². The van der Waals surface area contributed by atoms with Crippen LogP contribution in [0.3, 0.4) is 0 Å². The van der Waals surface area contributed by atoms with E-state index in [9.17, 15) is 4.79 Å². The highest BCUT2D eigenvalue weighted by Gasteiger charge is 2.09. The Balaban J connectivity index is 0.000000332. The fourth-order valence-corrected chi connectivity index (χ4v) is 3.49. The first-order valence-electron chi connectivity index (χ1n) is 8.17. The van der Waals surface area contributed by atoms with Gasteiger partial charge in [-0.25, -0.2) is 0 Å². The van der Waals surface area contributed by atoms with E-state index in [-0.39, 0.29) is 5.78 Å². The van der Waals surface area contributed by atoms with Crippen molar-refractivity contribution in [1.29, 1.82) is 0 Å². The Labute approximate surface area is 140 Å². The number of Topliss-reactive ketones (excluding diaryl/α,β-unsaturated/α-hetero) is 1. The monoisotopic (exact) mass is 310 g/mol. The van der Waals surface area contributed by atoms with Crippen LogP contribution in [0.5, 0.6) is 0 Å². The minimum absolute atomic E-state index is 0.167. The highest BCUT2D eigenvalue weighted by Crippen LogP contribution is 2.38. The normalized spacial score (nSPS) is 11.1. The zero-order chi connectivity index (χ0) is 16.7. The number of hydrogen-bond donors (Lipinski definition) is 0. The maximum absolute atomic E-state index is 9.44. The van der Waals surface area contributed by atoms with Crippen LogP contribution in [0.2, 0.25) is 0 Å². The van der Waals surface area contributed by atoms with Gasteiger partial charge in [0.05, 0.1) is 0 Å². The first-order chi connectivity index (χ1) is 11.6. The number of rotatable bonds is 0. The molecule has 0 atom stereocenters. The standard InChI is InChI=1S/C20H12.C3H6O/c1-2-7-17-15(4-1)12-16-9-8-13-5-3-6-14-10-11-18(17)20(16)19(13)14;1-3(2)4/h1-12H;1-2H3.